The van der Waals surface area contributed by atoms with Crippen molar-refractivity contribution in [2.75, 3.05) is 38.8 Å². The van der Waals surface area contributed by atoms with Gasteiger partial charge in [0, 0.05) is 18.3 Å². The van der Waals surface area contributed by atoms with E-state index in [0.29, 0.717) is 24.1 Å². The van der Waals surface area contributed by atoms with Gasteiger partial charge in [0.25, 0.3) is 0 Å². The molecule has 0 bridgehead atoms. The molecule has 2 unspecified atom stereocenters. The number of sulfonamides is 1. The second kappa shape index (κ2) is 10.9. The average molecular weight is 541 g/mol. The van der Waals surface area contributed by atoms with Gasteiger partial charge < -0.3 is 18.9 Å². The summed E-state index contributed by atoms with van der Waals surface area (Å²) in [6.07, 6.45) is 3.44. The van der Waals surface area contributed by atoms with Crippen molar-refractivity contribution >= 4 is 27.6 Å². The van der Waals surface area contributed by atoms with Crippen molar-refractivity contribution in [2.45, 2.75) is 31.1 Å². The normalized spacial score (nSPS) is 17.9. The molecule has 0 spiro atoms. The number of rotatable bonds is 9. The fourth-order valence-electron chi connectivity index (χ4n) is 3.52. The first kappa shape index (κ1) is 25.9. The van der Waals surface area contributed by atoms with Crippen LogP contribution >= 0.6 is 11.6 Å². The van der Waals surface area contributed by atoms with Crippen LogP contribution in [0.3, 0.4) is 0 Å². The lowest BCUT2D eigenvalue weighted by molar-refractivity contribution is -0.0941. The van der Waals surface area contributed by atoms with Crippen molar-refractivity contribution in [3.8, 4) is 17.4 Å². The van der Waals surface area contributed by atoms with Crippen LogP contribution in [0.5, 0.6) is 11.8 Å². The minimum absolute atomic E-state index is 0.107. The smallest absolute Gasteiger partial charge is 0.245 e. The van der Waals surface area contributed by atoms with Crippen molar-refractivity contribution in [1.29, 1.82) is 0 Å². The molecule has 14 nitrogen and oxygen atoms in total. The summed E-state index contributed by atoms with van der Waals surface area (Å²) in [4.78, 5) is 16.6. The zero-order valence-corrected chi connectivity index (χ0v) is 21.5. The molecule has 0 saturated carbocycles. The first-order valence-corrected chi connectivity index (χ1v) is 12.8. The number of aromatic nitrogens is 7. The standard InChI is InChI=1S/C20H25ClN8O6S/c1-11(16-22-7-13(21)8-23-16)12(2)36(30,31)28-20-27-26-17(14-9-34-5-6-35-14)29(20)15-18(32-3)24-10-25-19(15)33-4/h7-8,10-12,14H,5-6,9H2,1-4H3,(H,27,28)/t11?,12?,14-/m0/s1. The average Bonchev–Trinajstić information content (AvgIpc) is 3.30. The molecule has 1 saturated heterocycles. The van der Waals surface area contributed by atoms with Crippen molar-refractivity contribution in [2.24, 2.45) is 0 Å². The van der Waals surface area contributed by atoms with E-state index in [-0.39, 0.29) is 35.8 Å². The van der Waals surface area contributed by atoms with Crippen molar-refractivity contribution in [3.05, 3.63) is 35.4 Å². The first-order valence-electron chi connectivity index (χ1n) is 10.8. The van der Waals surface area contributed by atoms with Crippen molar-refractivity contribution < 1.29 is 27.4 Å². The summed E-state index contributed by atoms with van der Waals surface area (Å²) in [5.74, 6) is 0.0797. The lowest BCUT2D eigenvalue weighted by atomic mass is 10.1. The van der Waals surface area contributed by atoms with Gasteiger partial charge in [0.05, 0.1) is 44.3 Å². The number of methoxy groups -OCH3 is 2. The lowest BCUT2D eigenvalue weighted by Crippen LogP contribution is -2.32. The van der Waals surface area contributed by atoms with Gasteiger partial charge in [-0.3, -0.25) is 9.29 Å². The molecule has 3 aromatic heterocycles. The van der Waals surface area contributed by atoms with Gasteiger partial charge in [-0.15, -0.1) is 10.2 Å². The Bertz CT molecular complexity index is 1280. The maximum atomic E-state index is 13.4. The van der Waals surface area contributed by atoms with E-state index in [1.54, 1.807) is 6.92 Å². The Labute approximate surface area is 212 Å². The molecular weight excluding hydrogens is 516 g/mol. The van der Waals surface area contributed by atoms with Crippen molar-refractivity contribution in [1.82, 2.24) is 34.7 Å². The molecule has 1 aliphatic heterocycles. The molecule has 1 aliphatic rings. The minimum atomic E-state index is -4.04. The summed E-state index contributed by atoms with van der Waals surface area (Å²) in [6.45, 7) is 4.18. The predicted molar refractivity (Wildman–Crippen MR) is 127 cm³/mol. The van der Waals surface area contributed by atoms with E-state index < -0.39 is 27.3 Å². The third-order valence-electron chi connectivity index (χ3n) is 5.63. The minimum Gasteiger partial charge on any atom is -0.479 e. The highest BCUT2D eigenvalue weighted by Crippen LogP contribution is 2.35. The van der Waals surface area contributed by atoms with E-state index >= 15 is 0 Å². The molecule has 4 heterocycles. The molecule has 194 valence electrons. The molecule has 1 fully saturated rings. The molecule has 3 aromatic rings. The quantitative estimate of drug-likeness (QED) is 0.416. The van der Waals surface area contributed by atoms with Gasteiger partial charge in [0.1, 0.15) is 18.3 Å². The Hall–Kier alpha value is -3.14. The van der Waals surface area contributed by atoms with Gasteiger partial charge in [-0.25, -0.2) is 18.4 Å². The lowest BCUT2D eigenvalue weighted by Gasteiger charge is -2.24. The Balaban J connectivity index is 1.77. The molecule has 0 aliphatic carbocycles. The van der Waals surface area contributed by atoms with Gasteiger partial charge in [-0.2, -0.15) is 9.97 Å². The van der Waals surface area contributed by atoms with Crippen LogP contribution in [0.1, 0.15) is 37.5 Å². The topological polar surface area (TPSA) is 165 Å². The molecule has 0 aromatic carbocycles. The summed E-state index contributed by atoms with van der Waals surface area (Å²) < 4.78 is 52.9. The van der Waals surface area contributed by atoms with Gasteiger partial charge in [0.15, 0.2) is 11.5 Å². The maximum absolute atomic E-state index is 13.4. The Kier molecular flexibility index (Phi) is 7.82. The van der Waals surface area contributed by atoms with Crippen LogP contribution in [-0.2, 0) is 19.5 Å². The molecular formula is C20H25ClN8O6S. The van der Waals surface area contributed by atoms with Crippen LogP contribution in [0.25, 0.3) is 5.69 Å². The third-order valence-corrected chi connectivity index (χ3v) is 7.68. The zero-order valence-electron chi connectivity index (χ0n) is 20.0. The number of hydrogen-bond donors (Lipinski definition) is 1. The number of ether oxygens (including phenoxy) is 4. The van der Waals surface area contributed by atoms with Crippen LogP contribution in [-0.4, -0.2) is 82.4 Å². The summed E-state index contributed by atoms with van der Waals surface area (Å²) in [7, 11) is -1.21. The highest BCUT2D eigenvalue weighted by Gasteiger charge is 2.34. The summed E-state index contributed by atoms with van der Waals surface area (Å²) in [5.41, 5.74) is 0.191. The summed E-state index contributed by atoms with van der Waals surface area (Å²) in [5, 5.41) is 7.69. The van der Waals surface area contributed by atoms with E-state index in [0.717, 1.165) is 0 Å². The number of hydrogen-bond acceptors (Lipinski definition) is 12. The van der Waals surface area contributed by atoms with Crippen LogP contribution < -0.4 is 14.2 Å². The zero-order chi connectivity index (χ0) is 25.9. The molecule has 4 rings (SSSR count). The maximum Gasteiger partial charge on any atom is 0.245 e. The predicted octanol–water partition coefficient (Wildman–Crippen LogP) is 1.54. The number of anilines is 1. The Morgan fingerprint density at radius 2 is 1.75 bits per heavy atom. The number of halogens is 1. The van der Waals surface area contributed by atoms with E-state index in [1.807, 2.05) is 0 Å². The van der Waals surface area contributed by atoms with Gasteiger partial charge in [0.2, 0.25) is 27.7 Å². The number of nitrogens with one attached hydrogen (secondary N) is 1. The van der Waals surface area contributed by atoms with Gasteiger partial charge in [-0.05, 0) is 6.92 Å². The largest absolute Gasteiger partial charge is 0.479 e. The van der Waals surface area contributed by atoms with Crippen LogP contribution in [0.2, 0.25) is 5.02 Å². The van der Waals surface area contributed by atoms with Crippen LogP contribution in [0, 0.1) is 0 Å². The highest BCUT2D eigenvalue weighted by molar-refractivity contribution is 7.93. The Morgan fingerprint density at radius 3 is 2.33 bits per heavy atom. The molecule has 36 heavy (non-hydrogen) atoms. The van der Waals surface area contributed by atoms with E-state index in [9.17, 15) is 8.42 Å². The van der Waals surface area contributed by atoms with E-state index in [1.165, 1.54) is 44.4 Å². The Morgan fingerprint density at radius 1 is 1.08 bits per heavy atom. The van der Waals surface area contributed by atoms with Crippen LogP contribution in [0.15, 0.2) is 18.7 Å². The summed E-state index contributed by atoms with van der Waals surface area (Å²) >= 11 is 5.86. The van der Waals surface area contributed by atoms with E-state index in [2.05, 4.69) is 34.9 Å². The van der Waals surface area contributed by atoms with E-state index in [4.69, 9.17) is 30.5 Å². The van der Waals surface area contributed by atoms with Crippen molar-refractivity contribution in [3.63, 3.8) is 0 Å². The monoisotopic (exact) mass is 540 g/mol. The molecule has 16 heteroatoms. The van der Waals surface area contributed by atoms with Crippen LogP contribution in [0.4, 0.5) is 5.95 Å². The first-order chi connectivity index (χ1) is 17.3. The number of nitrogens with zero attached hydrogens (tertiary/aromatic N) is 7. The fraction of sp³-hybridized carbons (Fsp3) is 0.500. The van der Waals surface area contributed by atoms with Gasteiger partial charge >= 0.3 is 0 Å². The SMILES string of the molecule is COc1ncnc(OC)c1-n1c(NS(=O)(=O)C(C)C(C)c2ncc(Cl)cn2)nnc1[C@@H]1COCCO1. The molecule has 1 N–H and O–H groups in total. The molecule has 0 radical (unpaired) electrons. The molecule has 3 atom stereocenters. The fourth-order valence-corrected chi connectivity index (χ4v) is 4.85. The molecule has 0 amide bonds. The second-order valence-corrected chi connectivity index (χ2v) is 10.3. The van der Waals surface area contributed by atoms with Gasteiger partial charge in [-0.1, -0.05) is 18.5 Å². The summed E-state index contributed by atoms with van der Waals surface area (Å²) in [6, 6.07) is 0. The second-order valence-electron chi connectivity index (χ2n) is 7.79. The highest BCUT2D eigenvalue weighted by atomic mass is 35.5. The third kappa shape index (κ3) is 5.18.